The molecule has 2 fully saturated rings. The number of anilines is 1. The highest BCUT2D eigenvalue weighted by Gasteiger charge is 2.34. The summed E-state index contributed by atoms with van der Waals surface area (Å²) in [7, 11) is 2.27. The minimum atomic E-state index is 0.683. The number of hydrogen-bond acceptors (Lipinski definition) is 4. The van der Waals surface area contributed by atoms with Gasteiger partial charge >= 0.3 is 0 Å². The summed E-state index contributed by atoms with van der Waals surface area (Å²) >= 11 is 0. The zero-order valence-corrected chi connectivity index (χ0v) is 12.3. The molecule has 0 aromatic carbocycles. The summed E-state index contributed by atoms with van der Waals surface area (Å²) in [5.41, 5.74) is 1.17. The van der Waals surface area contributed by atoms with Crippen LogP contribution in [0.5, 0.6) is 5.75 Å². The molecule has 2 saturated heterocycles. The molecule has 0 unspecified atom stereocenters. The molecule has 2 atom stereocenters. The van der Waals surface area contributed by atoms with E-state index in [1.165, 1.54) is 24.9 Å². The van der Waals surface area contributed by atoms with Crippen LogP contribution in [0, 0.1) is 0 Å². The van der Waals surface area contributed by atoms with E-state index in [0.717, 1.165) is 24.9 Å². The van der Waals surface area contributed by atoms with E-state index in [-0.39, 0.29) is 0 Å². The van der Waals surface area contributed by atoms with Gasteiger partial charge in [0, 0.05) is 31.2 Å². The summed E-state index contributed by atoms with van der Waals surface area (Å²) in [5, 5.41) is 0. The number of allylic oxidation sites excluding steroid dienone is 1. The molecule has 2 aliphatic heterocycles. The van der Waals surface area contributed by atoms with Gasteiger partial charge in [-0.3, -0.25) is 9.88 Å². The van der Waals surface area contributed by atoms with Crippen molar-refractivity contribution in [3.8, 4) is 5.75 Å². The van der Waals surface area contributed by atoms with Crippen LogP contribution in [0.15, 0.2) is 30.8 Å². The molecule has 3 rings (SSSR count). The summed E-state index contributed by atoms with van der Waals surface area (Å²) < 4.78 is 5.52. The molecule has 4 heteroatoms. The Hall–Kier alpha value is -1.55. The van der Waals surface area contributed by atoms with Gasteiger partial charge in [-0.05, 0) is 33.2 Å². The summed E-state index contributed by atoms with van der Waals surface area (Å²) in [6.45, 7) is 4.15. The number of fused-ring (bicyclic) bond motifs is 2. The molecule has 0 N–H and O–H groups in total. The first-order valence-corrected chi connectivity index (χ1v) is 7.47. The number of pyridine rings is 1. The van der Waals surface area contributed by atoms with E-state index in [2.05, 4.69) is 27.9 Å². The van der Waals surface area contributed by atoms with Crippen molar-refractivity contribution in [2.45, 2.75) is 38.3 Å². The molecular formula is C16H23N3O. The maximum Gasteiger partial charge on any atom is 0.146 e. The van der Waals surface area contributed by atoms with Gasteiger partial charge in [0.25, 0.3) is 0 Å². The average molecular weight is 273 g/mol. The minimum absolute atomic E-state index is 0.683. The second-order valence-corrected chi connectivity index (χ2v) is 5.75. The highest BCUT2D eigenvalue weighted by atomic mass is 16.5. The van der Waals surface area contributed by atoms with Crippen LogP contribution in [0.2, 0.25) is 0 Å². The Balaban J connectivity index is 1.75. The fraction of sp³-hybridized carbons (Fsp3) is 0.562. The zero-order chi connectivity index (χ0) is 13.9. The van der Waals surface area contributed by atoms with Gasteiger partial charge in [-0.15, -0.1) is 0 Å². The van der Waals surface area contributed by atoms with E-state index in [9.17, 15) is 0 Å². The van der Waals surface area contributed by atoms with E-state index < -0.39 is 0 Å². The van der Waals surface area contributed by atoms with E-state index in [1.54, 1.807) is 12.5 Å². The van der Waals surface area contributed by atoms with Crippen molar-refractivity contribution in [1.29, 1.82) is 0 Å². The number of aromatic nitrogens is 1. The molecule has 2 bridgehead atoms. The van der Waals surface area contributed by atoms with Gasteiger partial charge in [-0.2, -0.15) is 0 Å². The summed E-state index contributed by atoms with van der Waals surface area (Å²) in [5.74, 6) is 0.809. The standard InChI is InChI=1S/C16H23N3O/c1-3-8-20-16-9-15(10-17-11-16)19-7-6-13-4-5-14(12-19)18(13)2/h3,8-11,13-14H,4-7,12H2,1-2H3/b8-3-/t13-,14+/m1/s1. The van der Waals surface area contributed by atoms with Crippen molar-refractivity contribution in [3.05, 3.63) is 30.8 Å². The largest absolute Gasteiger partial charge is 0.464 e. The third-order valence-corrected chi connectivity index (χ3v) is 4.55. The van der Waals surface area contributed by atoms with Crippen molar-refractivity contribution < 1.29 is 4.74 Å². The Labute approximate surface area is 121 Å². The van der Waals surface area contributed by atoms with E-state index in [1.807, 2.05) is 19.2 Å². The molecule has 0 spiro atoms. The average Bonchev–Trinajstić information content (AvgIpc) is 2.70. The molecule has 0 radical (unpaired) electrons. The van der Waals surface area contributed by atoms with Crippen molar-refractivity contribution in [3.63, 3.8) is 0 Å². The molecule has 0 aliphatic carbocycles. The van der Waals surface area contributed by atoms with Crippen LogP contribution >= 0.6 is 0 Å². The number of nitrogens with zero attached hydrogens (tertiary/aromatic N) is 3. The quantitative estimate of drug-likeness (QED) is 0.792. The Bertz CT molecular complexity index is 488. The lowest BCUT2D eigenvalue weighted by atomic mass is 10.1. The van der Waals surface area contributed by atoms with Crippen molar-refractivity contribution >= 4 is 5.69 Å². The molecule has 1 aromatic rings. The number of likely N-dealkylation sites (N-methyl/N-ethyl adjacent to an activating group) is 1. The molecule has 108 valence electrons. The minimum Gasteiger partial charge on any atom is -0.464 e. The fourth-order valence-corrected chi connectivity index (χ4v) is 3.33. The van der Waals surface area contributed by atoms with Crippen LogP contribution in [-0.2, 0) is 0 Å². The smallest absolute Gasteiger partial charge is 0.146 e. The summed E-state index contributed by atoms with van der Waals surface area (Å²) in [4.78, 5) is 9.33. The lowest BCUT2D eigenvalue weighted by Crippen LogP contribution is -2.36. The Morgan fingerprint density at radius 3 is 2.95 bits per heavy atom. The first kappa shape index (κ1) is 13.4. The molecule has 20 heavy (non-hydrogen) atoms. The Morgan fingerprint density at radius 1 is 1.25 bits per heavy atom. The van der Waals surface area contributed by atoms with Gasteiger partial charge in [0.2, 0.25) is 0 Å². The first-order chi connectivity index (χ1) is 9.78. The van der Waals surface area contributed by atoms with Gasteiger partial charge in [0.05, 0.1) is 24.3 Å². The van der Waals surface area contributed by atoms with Crippen LogP contribution in [0.4, 0.5) is 5.69 Å². The lowest BCUT2D eigenvalue weighted by molar-refractivity contribution is 0.254. The van der Waals surface area contributed by atoms with Gasteiger partial charge < -0.3 is 9.64 Å². The normalized spacial score (nSPS) is 27.0. The van der Waals surface area contributed by atoms with Crippen molar-refractivity contribution in [1.82, 2.24) is 9.88 Å². The maximum absolute atomic E-state index is 5.52. The second kappa shape index (κ2) is 5.83. The number of hydrogen-bond donors (Lipinski definition) is 0. The predicted octanol–water partition coefficient (Wildman–Crippen LogP) is 2.67. The predicted molar refractivity (Wildman–Crippen MR) is 81.1 cm³/mol. The molecule has 0 saturated carbocycles. The third-order valence-electron chi connectivity index (χ3n) is 4.55. The van der Waals surface area contributed by atoms with Crippen LogP contribution < -0.4 is 9.64 Å². The number of rotatable bonds is 3. The molecule has 0 amide bonds. The van der Waals surface area contributed by atoms with Crippen LogP contribution in [-0.4, -0.2) is 42.1 Å². The monoisotopic (exact) mass is 273 g/mol. The Kier molecular flexibility index (Phi) is 3.92. The molecular weight excluding hydrogens is 250 g/mol. The molecule has 1 aromatic heterocycles. The van der Waals surface area contributed by atoms with Gasteiger partial charge in [0.15, 0.2) is 0 Å². The summed E-state index contributed by atoms with van der Waals surface area (Å²) in [6, 6.07) is 3.54. The highest BCUT2D eigenvalue weighted by molar-refractivity contribution is 5.48. The topological polar surface area (TPSA) is 28.6 Å². The third kappa shape index (κ3) is 2.66. The lowest BCUT2D eigenvalue weighted by Gasteiger charge is -2.27. The highest BCUT2D eigenvalue weighted by Crippen LogP contribution is 2.31. The SMILES string of the molecule is C/C=C\Oc1cncc(N2CC[C@H]3CC[C@@H](C2)N3C)c1. The summed E-state index contributed by atoms with van der Waals surface area (Å²) in [6.07, 6.45) is 11.2. The van der Waals surface area contributed by atoms with Crippen LogP contribution in [0.3, 0.4) is 0 Å². The molecule has 3 heterocycles. The second-order valence-electron chi connectivity index (χ2n) is 5.75. The maximum atomic E-state index is 5.52. The fourth-order valence-electron chi connectivity index (χ4n) is 3.33. The van der Waals surface area contributed by atoms with E-state index >= 15 is 0 Å². The van der Waals surface area contributed by atoms with Crippen molar-refractivity contribution in [2.75, 3.05) is 25.0 Å². The van der Waals surface area contributed by atoms with E-state index in [4.69, 9.17) is 4.74 Å². The zero-order valence-electron chi connectivity index (χ0n) is 12.3. The van der Waals surface area contributed by atoms with E-state index in [0.29, 0.717) is 6.04 Å². The van der Waals surface area contributed by atoms with Crippen molar-refractivity contribution in [2.24, 2.45) is 0 Å². The number of ether oxygens (including phenoxy) is 1. The van der Waals surface area contributed by atoms with Gasteiger partial charge in [-0.25, -0.2) is 0 Å². The van der Waals surface area contributed by atoms with Crippen LogP contribution in [0.25, 0.3) is 0 Å². The van der Waals surface area contributed by atoms with Gasteiger partial charge in [-0.1, -0.05) is 6.08 Å². The van der Waals surface area contributed by atoms with Gasteiger partial charge in [0.1, 0.15) is 5.75 Å². The van der Waals surface area contributed by atoms with Crippen LogP contribution in [0.1, 0.15) is 26.2 Å². The first-order valence-electron chi connectivity index (χ1n) is 7.47. The molecule has 4 nitrogen and oxygen atoms in total. The Morgan fingerprint density at radius 2 is 2.10 bits per heavy atom. The molecule has 2 aliphatic rings.